The van der Waals surface area contributed by atoms with Crippen LogP contribution >= 0.6 is 11.3 Å². The summed E-state index contributed by atoms with van der Waals surface area (Å²) in [6.45, 7) is 5.34. The average Bonchev–Trinajstić information content (AvgIpc) is 3.13. The van der Waals surface area contributed by atoms with Crippen molar-refractivity contribution >= 4 is 17.2 Å². The second-order valence-corrected chi connectivity index (χ2v) is 7.14. The minimum absolute atomic E-state index is 0.00118. The predicted octanol–water partition coefficient (Wildman–Crippen LogP) is 3.39. The third-order valence-corrected chi connectivity index (χ3v) is 5.48. The van der Waals surface area contributed by atoms with E-state index in [1.807, 2.05) is 0 Å². The van der Waals surface area contributed by atoms with Gasteiger partial charge in [0.05, 0.1) is 6.04 Å². The molecule has 110 valence electrons. The Balaban J connectivity index is 1.75. The van der Waals surface area contributed by atoms with Crippen LogP contribution in [0.25, 0.3) is 0 Å². The van der Waals surface area contributed by atoms with Gasteiger partial charge < -0.3 is 4.90 Å². The fraction of sp³-hybridized carbons (Fsp3) is 0.688. The molecule has 0 aromatic carbocycles. The van der Waals surface area contributed by atoms with E-state index in [4.69, 9.17) is 0 Å². The molecule has 1 aliphatic heterocycles. The van der Waals surface area contributed by atoms with Crippen molar-refractivity contribution in [1.82, 2.24) is 10.2 Å². The Bertz CT molecular complexity index is 459. The lowest BCUT2D eigenvalue weighted by Gasteiger charge is -2.26. The first kappa shape index (κ1) is 14.1. The lowest BCUT2D eigenvalue weighted by Crippen LogP contribution is -2.34. The second-order valence-electron chi connectivity index (χ2n) is 6.36. The van der Waals surface area contributed by atoms with Gasteiger partial charge >= 0.3 is 0 Å². The van der Waals surface area contributed by atoms with Gasteiger partial charge in [-0.2, -0.15) is 11.3 Å². The summed E-state index contributed by atoms with van der Waals surface area (Å²) in [6.07, 6.45) is 4.83. The van der Waals surface area contributed by atoms with Gasteiger partial charge in [-0.05, 0) is 53.5 Å². The van der Waals surface area contributed by atoms with Gasteiger partial charge in [0, 0.05) is 6.54 Å². The van der Waals surface area contributed by atoms with Crippen LogP contribution in [-0.4, -0.2) is 23.4 Å². The molecule has 2 heterocycles. The molecule has 20 heavy (non-hydrogen) atoms. The number of carbonyl (C=O) groups is 1. The van der Waals surface area contributed by atoms with E-state index in [9.17, 15) is 4.79 Å². The van der Waals surface area contributed by atoms with Crippen molar-refractivity contribution in [2.75, 3.05) is 6.54 Å². The zero-order valence-electron chi connectivity index (χ0n) is 12.3. The molecule has 1 saturated carbocycles. The van der Waals surface area contributed by atoms with Crippen LogP contribution in [0.2, 0.25) is 0 Å². The standard InChI is InChI=1S/C16H24N2OS/c1-3-14-16(19)18(9-12-5-4-11(2)8-12)15(17-14)13-6-7-20-10-13/h6-7,10-12,14-15,17H,3-5,8-9H2,1-2H3. The summed E-state index contributed by atoms with van der Waals surface area (Å²) in [5.41, 5.74) is 1.24. The first-order chi connectivity index (χ1) is 9.69. The van der Waals surface area contributed by atoms with E-state index >= 15 is 0 Å². The van der Waals surface area contributed by atoms with E-state index in [1.54, 1.807) is 11.3 Å². The minimum Gasteiger partial charge on any atom is -0.321 e. The summed E-state index contributed by atoms with van der Waals surface area (Å²) in [5, 5.41) is 7.76. The van der Waals surface area contributed by atoms with Crippen LogP contribution in [0.3, 0.4) is 0 Å². The van der Waals surface area contributed by atoms with Crippen LogP contribution in [0, 0.1) is 11.8 Å². The maximum Gasteiger partial charge on any atom is 0.241 e. The number of nitrogens with zero attached hydrogens (tertiary/aromatic N) is 1. The predicted molar refractivity (Wildman–Crippen MR) is 82.5 cm³/mol. The fourth-order valence-corrected chi connectivity index (χ4v) is 4.32. The number of hydrogen-bond donors (Lipinski definition) is 1. The zero-order chi connectivity index (χ0) is 14.1. The summed E-state index contributed by atoms with van der Waals surface area (Å²) in [6, 6.07) is 2.14. The van der Waals surface area contributed by atoms with E-state index in [2.05, 4.69) is 40.9 Å². The van der Waals surface area contributed by atoms with E-state index in [0.29, 0.717) is 11.8 Å². The molecule has 3 rings (SSSR count). The van der Waals surface area contributed by atoms with Gasteiger partial charge in [-0.3, -0.25) is 10.1 Å². The van der Waals surface area contributed by atoms with Crippen molar-refractivity contribution in [3.8, 4) is 0 Å². The average molecular weight is 292 g/mol. The minimum atomic E-state index is -0.00118. The normalized spacial score (nSPS) is 34.1. The summed E-state index contributed by atoms with van der Waals surface area (Å²) in [7, 11) is 0. The molecule has 4 atom stereocenters. The van der Waals surface area contributed by atoms with Crippen LogP contribution in [0.1, 0.15) is 51.3 Å². The molecule has 1 N–H and O–H groups in total. The van der Waals surface area contributed by atoms with Crippen molar-refractivity contribution in [3.05, 3.63) is 22.4 Å². The molecule has 2 aliphatic rings. The molecule has 1 aliphatic carbocycles. The van der Waals surface area contributed by atoms with Gasteiger partial charge in [0.15, 0.2) is 0 Å². The molecule has 4 heteroatoms. The molecule has 3 nitrogen and oxygen atoms in total. The topological polar surface area (TPSA) is 32.3 Å². The van der Waals surface area contributed by atoms with Crippen molar-refractivity contribution in [1.29, 1.82) is 0 Å². The van der Waals surface area contributed by atoms with Gasteiger partial charge in [0.2, 0.25) is 5.91 Å². The molecule has 0 spiro atoms. The smallest absolute Gasteiger partial charge is 0.241 e. The largest absolute Gasteiger partial charge is 0.321 e. The number of rotatable bonds is 4. The Hall–Kier alpha value is -0.870. The number of carbonyl (C=O) groups excluding carboxylic acids is 1. The monoisotopic (exact) mass is 292 g/mol. The van der Waals surface area contributed by atoms with E-state index < -0.39 is 0 Å². The third kappa shape index (κ3) is 2.63. The second kappa shape index (κ2) is 5.86. The first-order valence-electron chi connectivity index (χ1n) is 7.77. The number of hydrogen-bond acceptors (Lipinski definition) is 3. The van der Waals surface area contributed by atoms with Crippen molar-refractivity contribution < 1.29 is 4.79 Å². The highest BCUT2D eigenvalue weighted by Crippen LogP contribution is 2.35. The molecule has 4 unspecified atom stereocenters. The molecule has 1 saturated heterocycles. The summed E-state index contributed by atoms with van der Waals surface area (Å²) in [5.74, 6) is 1.81. The van der Waals surface area contributed by atoms with Gasteiger partial charge in [-0.25, -0.2) is 0 Å². The molecular formula is C16H24N2OS. The first-order valence-corrected chi connectivity index (χ1v) is 8.72. The molecule has 1 aromatic heterocycles. The maximum atomic E-state index is 12.6. The van der Waals surface area contributed by atoms with Crippen molar-refractivity contribution in [2.24, 2.45) is 11.8 Å². The zero-order valence-corrected chi connectivity index (χ0v) is 13.2. The highest BCUT2D eigenvalue weighted by atomic mass is 32.1. The van der Waals surface area contributed by atoms with Crippen LogP contribution in [0.4, 0.5) is 0 Å². The molecule has 1 aromatic rings. The molecular weight excluding hydrogens is 268 g/mol. The lowest BCUT2D eigenvalue weighted by molar-refractivity contribution is -0.130. The highest BCUT2D eigenvalue weighted by molar-refractivity contribution is 7.07. The van der Waals surface area contributed by atoms with Crippen LogP contribution in [-0.2, 0) is 4.79 Å². The summed E-state index contributed by atoms with van der Waals surface area (Å²) < 4.78 is 0. The van der Waals surface area contributed by atoms with Gasteiger partial charge in [-0.1, -0.05) is 20.3 Å². The van der Waals surface area contributed by atoms with Gasteiger partial charge in [0.25, 0.3) is 0 Å². The Kier molecular flexibility index (Phi) is 4.13. The Morgan fingerprint density at radius 3 is 2.90 bits per heavy atom. The van der Waals surface area contributed by atoms with Crippen molar-refractivity contribution in [3.63, 3.8) is 0 Å². The summed E-state index contributed by atoms with van der Waals surface area (Å²) >= 11 is 1.70. The molecule has 0 radical (unpaired) electrons. The van der Waals surface area contributed by atoms with Gasteiger partial charge in [0.1, 0.15) is 6.17 Å². The Morgan fingerprint density at radius 1 is 1.45 bits per heavy atom. The Morgan fingerprint density at radius 2 is 2.30 bits per heavy atom. The van der Waals surface area contributed by atoms with Gasteiger partial charge in [-0.15, -0.1) is 0 Å². The number of amides is 1. The molecule has 0 bridgehead atoms. The van der Waals surface area contributed by atoms with Crippen LogP contribution < -0.4 is 5.32 Å². The maximum absolute atomic E-state index is 12.6. The third-order valence-electron chi connectivity index (χ3n) is 4.78. The van der Waals surface area contributed by atoms with E-state index in [-0.39, 0.29) is 12.2 Å². The molecule has 1 amide bonds. The van der Waals surface area contributed by atoms with E-state index in [0.717, 1.165) is 18.9 Å². The van der Waals surface area contributed by atoms with E-state index in [1.165, 1.54) is 24.8 Å². The highest BCUT2D eigenvalue weighted by Gasteiger charge is 2.40. The SMILES string of the molecule is CCC1NC(c2ccsc2)N(CC2CCC(C)C2)C1=O. The summed E-state index contributed by atoms with van der Waals surface area (Å²) in [4.78, 5) is 14.7. The Labute approximate surface area is 125 Å². The fourth-order valence-electron chi connectivity index (χ4n) is 3.64. The number of nitrogens with one attached hydrogen (secondary N) is 1. The van der Waals surface area contributed by atoms with Crippen LogP contribution in [0.15, 0.2) is 16.8 Å². The molecule has 2 fully saturated rings. The van der Waals surface area contributed by atoms with Crippen molar-refractivity contribution in [2.45, 2.75) is 51.7 Å². The van der Waals surface area contributed by atoms with Crippen LogP contribution in [0.5, 0.6) is 0 Å². The lowest BCUT2D eigenvalue weighted by atomic mass is 10.0. The number of thiophene rings is 1. The quantitative estimate of drug-likeness (QED) is 0.922.